The van der Waals surface area contributed by atoms with Crippen LogP contribution >= 0.6 is 0 Å². The maximum Gasteiger partial charge on any atom is 0.416 e. The van der Waals surface area contributed by atoms with Crippen molar-refractivity contribution in [2.75, 3.05) is 7.11 Å². The van der Waals surface area contributed by atoms with E-state index in [4.69, 9.17) is 4.74 Å². The predicted molar refractivity (Wildman–Crippen MR) is 81.0 cm³/mol. The van der Waals surface area contributed by atoms with Crippen LogP contribution in [-0.2, 0) is 6.18 Å². The second-order valence-corrected chi connectivity index (χ2v) is 4.95. The summed E-state index contributed by atoms with van der Waals surface area (Å²) in [5.74, 6) is 1.12. The highest BCUT2D eigenvalue weighted by atomic mass is 19.4. The molecule has 0 spiro atoms. The average Bonchev–Trinajstić information content (AvgIpc) is 3.04. The molecule has 0 aliphatic carbocycles. The van der Waals surface area contributed by atoms with Crippen LogP contribution in [0.1, 0.15) is 5.56 Å². The molecule has 2 aromatic carbocycles. The molecule has 118 valence electrons. The number of ether oxygens (including phenoxy) is 1. The average molecular weight is 318 g/mol. The Morgan fingerprint density at radius 1 is 1.00 bits per heavy atom. The van der Waals surface area contributed by atoms with Crippen molar-refractivity contribution in [1.29, 1.82) is 0 Å². The zero-order chi connectivity index (χ0) is 16.4. The van der Waals surface area contributed by atoms with Crippen LogP contribution in [0.15, 0.2) is 54.7 Å². The fourth-order valence-electron chi connectivity index (χ4n) is 2.23. The van der Waals surface area contributed by atoms with E-state index in [0.29, 0.717) is 11.4 Å². The first-order valence-electron chi connectivity index (χ1n) is 6.84. The molecule has 0 amide bonds. The zero-order valence-electron chi connectivity index (χ0n) is 12.2. The van der Waals surface area contributed by atoms with Gasteiger partial charge in [-0.1, -0.05) is 12.1 Å². The van der Waals surface area contributed by atoms with Gasteiger partial charge in [0.05, 0.1) is 24.6 Å². The Labute approximate surface area is 130 Å². The molecule has 0 bridgehead atoms. The van der Waals surface area contributed by atoms with Gasteiger partial charge in [0.2, 0.25) is 0 Å². The van der Waals surface area contributed by atoms with E-state index in [1.807, 2.05) is 12.1 Å². The van der Waals surface area contributed by atoms with E-state index in [0.717, 1.165) is 29.1 Å². The van der Waals surface area contributed by atoms with Crippen LogP contribution in [0.5, 0.6) is 5.75 Å². The maximum atomic E-state index is 12.8. The van der Waals surface area contributed by atoms with Crippen molar-refractivity contribution in [3.05, 3.63) is 60.3 Å². The third-order valence-corrected chi connectivity index (χ3v) is 3.44. The fourth-order valence-corrected chi connectivity index (χ4v) is 2.23. The lowest BCUT2D eigenvalue weighted by Crippen LogP contribution is -2.04. The van der Waals surface area contributed by atoms with E-state index >= 15 is 0 Å². The van der Waals surface area contributed by atoms with Gasteiger partial charge in [-0.05, 0) is 42.0 Å². The van der Waals surface area contributed by atoms with Gasteiger partial charge in [-0.25, -0.2) is 4.98 Å². The maximum absolute atomic E-state index is 12.8. The monoisotopic (exact) mass is 318 g/mol. The van der Waals surface area contributed by atoms with Crippen molar-refractivity contribution in [1.82, 2.24) is 9.97 Å². The number of hydrogen-bond acceptors (Lipinski definition) is 2. The molecule has 6 heteroatoms. The molecule has 0 aliphatic heterocycles. The second kappa shape index (κ2) is 5.79. The molecule has 0 aliphatic rings. The first-order valence-corrected chi connectivity index (χ1v) is 6.84. The Bertz CT molecular complexity index is 807. The molecule has 3 nitrogen and oxygen atoms in total. The van der Waals surface area contributed by atoms with E-state index in [1.54, 1.807) is 31.5 Å². The van der Waals surface area contributed by atoms with Crippen LogP contribution in [0.4, 0.5) is 13.2 Å². The number of benzene rings is 2. The predicted octanol–water partition coefficient (Wildman–Crippen LogP) is 4.77. The summed E-state index contributed by atoms with van der Waals surface area (Å²) in [5, 5.41) is 0. The summed E-state index contributed by atoms with van der Waals surface area (Å²) in [6, 6.07) is 12.4. The largest absolute Gasteiger partial charge is 0.497 e. The van der Waals surface area contributed by atoms with E-state index < -0.39 is 11.7 Å². The number of aromatic amines is 1. The van der Waals surface area contributed by atoms with Crippen molar-refractivity contribution >= 4 is 0 Å². The Kier molecular flexibility index (Phi) is 3.82. The Morgan fingerprint density at radius 2 is 1.74 bits per heavy atom. The van der Waals surface area contributed by atoms with Gasteiger partial charge in [0.25, 0.3) is 0 Å². The number of rotatable bonds is 3. The first kappa shape index (κ1) is 15.1. The third kappa shape index (κ3) is 3.21. The minimum atomic E-state index is -4.37. The topological polar surface area (TPSA) is 37.9 Å². The molecule has 0 fully saturated rings. The molecule has 0 radical (unpaired) electrons. The molecule has 1 aromatic heterocycles. The quantitative estimate of drug-likeness (QED) is 0.755. The molecular weight excluding hydrogens is 305 g/mol. The summed E-state index contributed by atoms with van der Waals surface area (Å²) in [6.07, 6.45) is -2.78. The summed E-state index contributed by atoms with van der Waals surface area (Å²) in [4.78, 5) is 7.22. The highest BCUT2D eigenvalue weighted by molar-refractivity contribution is 5.65. The number of H-pyrrole nitrogens is 1. The second-order valence-electron chi connectivity index (χ2n) is 4.95. The Morgan fingerprint density at radius 3 is 2.39 bits per heavy atom. The summed E-state index contributed by atoms with van der Waals surface area (Å²) in [7, 11) is 1.58. The molecule has 0 unspecified atom stereocenters. The number of aromatic nitrogens is 2. The van der Waals surface area contributed by atoms with Gasteiger partial charge in [-0.2, -0.15) is 13.2 Å². The first-order chi connectivity index (χ1) is 11.0. The summed E-state index contributed by atoms with van der Waals surface area (Å²) in [5.41, 5.74) is 1.29. The molecule has 0 saturated heterocycles. The van der Waals surface area contributed by atoms with E-state index in [2.05, 4.69) is 9.97 Å². The normalized spacial score (nSPS) is 11.5. The van der Waals surface area contributed by atoms with Crippen molar-refractivity contribution in [3.8, 4) is 28.4 Å². The van der Waals surface area contributed by atoms with Crippen LogP contribution in [0.2, 0.25) is 0 Å². The minimum absolute atomic E-state index is 0.389. The van der Waals surface area contributed by atoms with Gasteiger partial charge in [0, 0.05) is 5.56 Å². The van der Waals surface area contributed by atoms with Gasteiger partial charge in [0.15, 0.2) is 0 Å². The molecule has 3 rings (SSSR count). The molecule has 0 saturated carbocycles. The number of methoxy groups -OCH3 is 1. The van der Waals surface area contributed by atoms with Crippen LogP contribution < -0.4 is 4.74 Å². The van der Waals surface area contributed by atoms with Crippen LogP contribution in [0.25, 0.3) is 22.6 Å². The lowest BCUT2D eigenvalue weighted by Gasteiger charge is -2.07. The Balaban J connectivity index is 1.92. The molecule has 0 atom stereocenters. The standard InChI is InChI=1S/C17H13F3N2O/c1-23-14-7-5-11(6-8-14)15-10-21-16(22-15)12-3-2-4-13(9-12)17(18,19)20/h2-10H,1H3,(H,21,22). The van der Waals surface area contributed by atoms with E-state index in [9.17, 15) is 13.2 Å². The summed E-state index contributed by atoms with van der Waals surface area (Å²) in [6.45, 7) is 0. The number of nitrogens with one attached hydrogen (secondary N) is 1. The van der Waals surface area contributed by atoms with Crippen LogP contribution in [0.3, 0.4) is 0 Å². The highest BCUT2D eigenvalue weighted by Gasteiger charge is 2.30. The zero-order valence-corrected chi connectivity index (χ0v) is 12.2. The summed E-state index contributed by atoms with van der Waals surface area (Å²) >= 11 is 0. The van der Waals surface area contributed by atoms with Gasteiger partial charge in [0.1, 0.15) is 11.6 Å². The van der Waals surface area contributed by atoms with E-state index in [-0.39, 0.29) is 0 Å². The van der Waals surface area contributed by atoms with Gasteiger partial charge in [-0.15, -0.1) is 0 Å². The molecule has 3 aromatic rings. The van der Waals surface area contributed by atoms with Gasteiger partial charge < -0.3 is 9.72 Å². The molecule has 23 heavy (non-hydrogen) atoms. The van der Waals surface area contributed by atoms with Gasteiger partial charge in [-0.3, -0.25) is 0 Å². The van der Waals surface area contributed by atoms with Crippen molar-refractivity contribution in [2.45, 2.75) is 6.18 Å². The van der Waals surface area contributed by atoms with Gasteiger partial charge >= 0.3 is 6.18 Å². The smallest absolute Gasteiger partial charge is 0.416 e. The van der Waals surface area contributed by atoms with Crippen LogP contribution in [-0.4, -0.2) is 17.1 Å². The molecular formula is C17H13F3N2O. The number of halogens is 3. The van der Waals surface area contributed by atoms with E-state index in [1.165, 1.54) is 6.07 Å². The van der Waals surface area contributed by atoms with Crippen molar-refractivity contribution in [3.63, 3.8) is 0 Å². The minimum Gasteiger partial charge on any atom is -0.497 e. The number of alkyl halides is 3. The number of imidazole rings is 1. The molecule has 1 N–H and O–H groups in total. The summed E-state index contributed by atoms with van der Waals surface area (Å²) < 4.78 is 43.4. The highest BCUT2D eigenvalue weighted by Crippen LogP contribution is 2.32. The number of hydrogen-bond donors (Lipinski definition) is 1. The Hall–Kier alpha value is -2.76. The fraction of sp³-hybridized carbons (Fsp3) is 0.118. The SMILES string of the molecule is COc1ccc(-c2cnc(-c3cccc(C(F)(F)F)c3)[nH]2)cc1. The lowest BCUT2D eigenvalue weighted by molar-refractivity contribution is -0.137. The number of nitrogens with zero attached hydrogens (tertiary/aromatic N) is 1. The van der Waals surface area contributed by atoms with Crippen LogP contribution in [0, 0.1) is 0 Å². The lowest BCUT2D eigenvalue weighted by atomic mass is 10.1. The van der Waals surface area contributed by atoms with Crippen molar-refractivity contribution in [2.24, 2.45) is 0 Å². The van der Waals surface area contributed by atoms with Crippen molar-refractivity contribution < 1.29 is 17.9 Å². The molecule has 1 heterocycles. The third-order valence-electron chi connectivity index (χ3n) is 3.44.